The fraction of sp³-hybridized carbons (Fsp3) is 0.381. The van der Waals surface area contributed by atoms with E-state index in [0.29, 0.717) is 0 Å². The van der Waals surface area contributed by atoms with Crippen LogP contribution in [-0.2, 0) is 5.54 Å². The van der Waals surface area contributed by atoms with E-state index >= 15 is 0 Å². The summed E-state index contributed by atoms with van der Waals surface area (Å²) < 4.78 is 0. The molecule has 0 bridgehead atoms. The molecule has 1 aromatic carbocycles. The van der Waals surface area contributed by atoms with Gasteiger partial charge in [0.05, 0.1) is 5.54 Å². The third kappa shape index (κ3) is 1.70. The number of H-pyrrole nitrogens is 1. The minimum Gasteiger partial charge on any atom is -0.365 e. The molecular weight excluding hydrogens is 294 g/mol. The van der Waals surface area contributed by atoms with Crippen LogP contribution in [0.1, 0.15) is 41.8 Å². The van der Waals surface area contributed by atoms with E-state index in [0.717, 1.165) is 5.65 Å². The van der Waals surface area contributed by atoms with E-state index in [1.807, 2.05) is 6.20 Å². The van der Waals surface area contributed by atoms with Crippen LogP contribution in [0.4, 0.5) is 5.69 Å². The molecule has 2 aromatic heterocycles. The van der Waals surface area contributed by atoms with Gasteiger partial charge in [-0.3, -0.25) is 0 Å². The fourth-order valence-electron chi connectivity index (χ4n) is 4.34. The first-order chi connectivity index (χ1) is 11.2. The van der Waals surface area contributed by atoms with E-state index < -0.39 is 0 Å². The second-order valence-electron chi connectivity index (χ2n) is 7.66. The zero-order valence-electron chi connectivity index (χ0n) is 15.6. The lowest BCUT2D eigenvalue weighted by Crippen LogP contribution is -2.38. The zero-order chi connectivity index (χ0) is 17.4. The van der Waals surface area contributed by atoms with E-state index in [4.69, 9.17) is 0 Å². The van der Waals surface area contributed by atoms with Crippen molar-refractivity contribution in [3.63, 3.8) is 0 Å². The van der Waals surface area contributed by atoms with Crippen molar-refractivity contribution in [3.05, 3.63) is 46.3 Å². The van der Waals surface area contributed by atoms with E-state index in [-0.39, 0.29) is 5.54 Å². The summed E-state index contributed by atoms with van der Waals surface area (Å²) >= 11 is 0. The lowest BCUT2D eigenvalue weighted by molar-refractivity contribution is 0.517. The molecule has 0 saturated heterocycles. The van der Waals surface area contributed by atoms with Crippen LogP contribution in [0.25, 0.3) is 22.2 Å². The number of pyridine rings is 1. The van der Waals surface area contributed by atoms with Crippen LogP contribution < -0.4 is 4.90 Å². The Hall–Kier alpha value is -2.29. The highest BCUT2D eigenvalue weighted by Crippen LogP contribution is 2.49. The number of aromatic amines is 1. The van der Waals surface area contributed by atoms with Crippen molar-refractivity contribution < 1.29 is 0 Å². The molecule has 1 aliphatic rings. The molecule has 3 heterocycles. The predicted molar refractivity (Wildman–Crippen MR) is 102 cm³/mol. The molecule has 1 aliphatic heterocycles. The highest BCUT2D eigenvalue weighted by molar-refractivity contribution is 6.03. The highest BCUT2D eigenvalue weighted by Gasteiger charge is 2.37. The maximum atomic E-state index is 4.61. The number of hydrogen-bond acceptors (Lipinski definition) is 2. The molecule has 24 heavy (non-hydrogen) atoms. The number of fused-ring (bicyclic) bond motifs is 2. The summed E-state index contributed by atoms with van der Waals surface area (Å²) in [4.78, 5) is 10.5. The maximum Gasteiger partial charge on any atom is 0.138 e. The average molecular weight is 319 g/mol. The number of hydrogen-bond donors (Lipinski definition) is 1. The van der Waals surface area contributed by atoms with Crippen molar-refractivity contribution in [2.75, 3.05) is 11.9 Å². The van der Waals surface area contributed by atoms with E-state index in [9.17, 15) is 0 Å². The van der Waals surface area contributed by atoms with Crippen LogP contribution in [0.2, 0.25) is 0 Å². The van der Waals surface area contributed by atoms with Gasteiger partial charge in [-0.05, 0) is 75.9 Å². The monoisotopic (exact) mass is 319 g/mol. The van der Waals surface area contributed by atoms with Crippen LogP contribution in [0.3, 0.4) is 0 Å². The van der Waals surface area contributed by atoms with Crippen molar-refractivity contribution in [3.8, 4) is 11.1 Å². The fourth-order valence-corrected chi connectivity index (χ4v) is 4.34. The summed E-state index contributed by atoms with van der Waals surface area (Å²) in [6.07, 6.45) is 1.92. The molecule has 1 N–H and O–H groups in total. The Kier molecular flexibility index (Phi) is 2.94. The van der Waals surface area contributed by atoms with Gasteiger partial charge in [0.2, 0.25) is 0 Å². The molecule has 4 rings (SSSR count). The van der Waals surface area contributed by atoms with Crippen molar-refractivity contribution in [1.29, 1.82) is 0 Å². The highest BCUT2D eigenvalue weighted by atomic mass is 15.2. The Morgan fingerprint density at radius 3 is 2.50 bits per heavy atom. The topological polar surface area (TPSA) is 31.9 Å². The molecule has 0 unspecified atom stereocenters. The Morgan fingerprint density at radius 2 is 1.79 bits per heavy atom. The molecule has 0 saturated carbocycles. The number of nitrogens with zero attached hydrogens (tertiary/aromatic N) is 2. The SMILES string of the molecule is Cc1cc2c(c(C)c1C)-c1ccnc3[nH]c(C)c(c13)C(C)(C)N2C. The first-order valence-corrected chi connectivity index (χ1v) is 8.58. The third-order valence-electron chi connectivity index (χ3n) is 6.10. The van der Waals surface area contributed by atoms with Crippen LogP contribution in [0, 0.1) is 27.7 Å². The molecule has 0 amide bonds. The summed E-state index contributed by atoms with van der Waals surface area (Å²) in [5, 5.41) is 1.27. The predicted octanol–water partition coefficient (Wildman–Crippen LogP) is 5.15. The van der Waals surface area contributed by atoms with Crippen molar-refractivity contribution in [2.24, 2.45) is 0 Å². The minimum absolute atomic E-state index is 0.112. The van der Waals surface area contributed by atoms with Gasteiger partial charge in [-0.2, -0.15) is 0 Å². The van der Waals surface area contributed by atoms with Crippen molar-refractivity contribution in [2.45, 2.75) is 47.1 Å². The Balaban J connectivity index is 2.28. The Morgan fingerprint density at radius 1 is 1.08 bits per heavy atom. The van der Waals surface area contributed by atoms with Gasteiger partial charge in [0.1, 0.15) is 5.65 Å². The zero-order valence-corrected chi connectivity index (χ0v) is 15.6. The first-order valence-electron chi connectivity index (χ1n) is 8.58. The molecule has 124 valence electrons. The molecule has 0 aliphatic carbocycles. The normalized spacial score (nSPS) is 15.5. The summed E-state index contributed by atoms with van der Waals surface area (Å²) in [6, 6.07) is 4.52. The summed E-state index contributed by atoms with van der Waals surface area (Å²) in [5.74, 6) is 0. The summed E-state index contributed by atoms with van der Waals surface area (Å²) in [5.41, 5.74) is 11.5. The third-order valence-corrected chi connectivity index (χ3v) is 6.10. The van der Waals surface area contributed by atoms with Crippen molar-refractivity contribution >= 4 is 16.7 Å². The van der Waals surface area contributed by atoms with Crippen LogP contribution >= 0.6 is 0 Å². The van der Waals surface area contributed by atoms with Crippen LogP contribution in [0.15, 0.2) is 18.3 Å². The number of benzene rings is 1. The smallest absolute Gasteiger partial charge is 0.138 e. The quantitative estimate of drug-likeness (QED) is 0.621. The second-order valence-corrected chi connectivity index (χ2v) is 7.66. The Labute approximate surface area is 143 Å². The lowest BCUT2D eigenvalue weighted by Gasteiger charge is -2.38. The van der Waals surface area contributed by atoms with Gasteiger partial charge in [0, 0.05) is 41.1 Å². The largest absolute Gasteiger partial charge is 0.365 e. The number of aromatic nitrogens is 2. The van der Waals surface area contributed by atoms with Gasteiger partial charge in [-0.25, -0.2) is 4.98 Å². The molecule has 3 nitrogen and oxygen atoms in total. The number of nitrogens with one attached hydrogen (secondary N) is 1. The molecule has 0 radical (unpaired) electrons. The van der Waals surface area contributed by atoms with Gasteiger partial charge >= 0.3 is 0 Å². The Bertz CT molecular complexity index is 992. The standard InChI is InChI=1S/C21H25N3/c1-11-10-16-17(13(3)12(11)2)15-8-9-22-20-18(15)19(14(4)23-20)21(5,6)24(16)7/h8-10H,1-7H3,(H,22,23). The van der Waals surface area contributed by atoms with Gasteiger partial charge < -0.3 is 9.88 Å². The number of aryl methyl sites for hydroxylation is 2. The molecule has 0 atom stereocenters. The van der Waals surface area contributed by atoms with E-state index in [1.165, 1.54) is 50.1 Å². The lowest BCUT2D eigenvalue weighted by atomic mass is 9.89. The number of rotatable bonds is 0. The van der Waals surface area contributed by atoms with Gasteiger partial charge in [-0.1, -0.05) is 0 Å². The summed E-state index contributed by atoms with van der Waals surface area (Å²) in [7, 11) is 2.21. The van der Waals surface area contributed by atoms with Gasteiger partial charge in [0.15, 0.2) is 0 Å². The van der Waals surface area contributed by atoms with Crippen molar-refractivity contribution in [1.82, 2.24) is 9.97 Å². The second kappa shape index (κ2) is 4.62. The van der Waals surface area contributed by atoms with Crippen LogP contribution in [-0.4, -0.2) is 17.0 Å². The number of anilines is 1. The maximum absolute atomic E-state index is 4.61. The summed E-state index contributed by atoms with van der Waals surface area (Å²) in [6.45, 7) is 13.5. The molecule has 0 fully saturated rings. The average Bonchev–Trinajstić information content (AvgIpc) is 2.84. The van der Waals surface area contributed by atoms with Crippen LogP contribution in [0.5, 0.6) is 0 Å². The van der Waals surface area contributed by atoms with E-state index in [1.54, 1.807) is 0 Å². The molecule has 3 aromatic rings. The van der Waals surface area contributed by atoms with E-state index in [2.05, 4.69) is 75.6 Å². The molecule has 3 heteroatoms. The first kappa shape index (κ1) is 15.3. The minimum atomic E-state index is -0.112. The molecular formula is C21H25N3. The van der Waals surface area contributed by atoms with Gasteiger partial charge in [0.25, 0.3) is 0 Å². The van der Waals surface area contributed by atoms with Gasteiger partial charge in [-0.15, -0.1) is 0 Å². The molecule has 0 spiro atoms.